The van der Waals surface area contributed by atoms with Gasteiger partial charge in [0.05, 0.1) is 12.2 Å². The van der Waals surface area contributed by atoms with Gasteiger partial charge in [-0.25, -0.2) is 4.79 Å². The van der Waals surface area contributed by atoms with Crippen molar-refractivity contribution in [1.29, 1.82) is 0 Å². The zero-order chi connectivity index (χ0) is 30.7. The van der Waals surface area contributed by atoms with E-state index >= 15 is 0 Å². The molecule has 7 nitrogen and oxygen atoms in total. The lowest BCUT2D eigenvalue weighted by Crippen LogP contribution is -2.39. The summed E-state index contributed by atoms with van der Waals surface area (Å²) in [4.78, 5) is 18.6. The van der Waals surface area contributed by atoms with Crippen molar-refractivity contribution in [3.8, 4) is 11.1 Å². The van der Waals surface area contributed by atoms with Gasteiger partial charge in [-0.2, -0.15) is 0 Å². The first-order valence-corrected chi connectivity index (χ1v) is 15.8. The third kappa shape index (κ3) is 7.27. The smallest absolute Gasteiger partial charge is 0.408 e. The quantitative estimate of drug-likeness (QED) is 0.189. The van der Waals surface area contributed by atoms with Crippen molar-refractivity contribution in [2.24, 2.45) is 4.99 Å². The molecule has 0 saturated heterocycles. The van der Waals surface area contributed by atoms with E-state index < -0.39 is 43.6 Å². The molecule has 0 fully saturated rings. The van der Waals surface area contributed by atoms with Gasteiger partial charge in [-0.05, 0) is 87.9 Å². The van der Waals surface area contributed by atoms with E-state index in [0.29, 0.717) is 5.56 Å². The van der Waals surface area contributed by atoms with Crippen LogP contribution in [0.25, 0.3) is 17.2 Å². The molecule has 4 rings (SSSR count). The molecule has 1 unspecified atom stereocenters. The van der Waals surface area contributed by atoms with E-state index in [0.717, 1.165) is 27.8 Å². The van der Waals surface area contributed by atoms with Gasteiger partial charge in [0.2, 0.25) is 0 Å². The molecule has 0 spiro atoms. The maximum absolute atomic E-state index is 15.0. The second-order valence-electron chi connectivity index (χ2n) is 11.8. The molecule has 42 heavy (non-hydrogen) atoms. The molecule has 1 amide bonds. The Hall–Kier alpha value is -3.51. The molecule has 0 bridgehead atoms. The number of benzene rings is 3. The van der Waals surface area contributed by atoms with Crippen LogP contribution in [0.1, 0.15) is 82.8 Å². The molecule has 1 aliphatic carbocycles. The van der Waals surface area contributed by atoms with Gasteiger partial charge in [-0.1, -0.05) is 79.4 Å². The molecular weight excluding hydrogens is 547 g/mol. The second kappa shape index (κ2) is 12.8. The summed E-state index contributed by atoms with van der Waals surface area (Å²) in [6.07, 6.45) is 0.120. The fourth-order valence-electron chi connectivity index (χ4n) is 4.98. The molecule has 0 aliphatic heterocycles. The highest BCUT2D eigenvalue weighted by Gasteiger charge is 2.43. The molecule has 1 aliphatic rings. The Labute approximate surface area is 249 Å². The van der Waals surface area contributed by atoms with Gasteiger partial charge in [0, 0.05) is 0 Å². The van der Waals surface area contributed by atoms with Crippen LogP contribution in [0.2, 0.25) is 0 Å². The lowest BCUT2D eigenvalue weighted by Gasteiger charge is -2.31. The van der Waals surface area contributed by atoms with Crippen molar-refractivity contribution in [2.45, 2.75) is 78.4 Å². The molecule has 3 aromatic rings. The Bertz CT molecular complexity index is 1460. The zero-order valence-electron chi connectivity index (χ0n) is 25.5. The summed E-state index contributed by atoms with van der Waals surface area (Å²) in [6.45, 7) is 16.4. The van der Waals surface area contributed by atoms with Gasteiger partial charge in [0.1, 0.15) is 17.7 Å². The van der Waals surface area contributed by atoms with Crippen LogP contribution in [-0.4, -0.2) is 29.4 Å². The van der Waals surface area contributed by atoms with Gasteiger partial charge in [0.25, 0.3) is 0 Å². The number of fused-ring (bicyclic) bond motifs is 3. The molecule has 0 radical (unpaired) electrons. The predicted molar refractivity (Wildman–Crippen MR) is 170 cm³/mol. The molecule has 0 aromatic heterocycles. The number of amides is 1. The molecular formula is C34H41N2O5P. The van der Waals surface area contributed by atoms with Crippen molar-refractivity contribution < 1.29 is 23.1 Å². The Morgan fingerprint density at radius 1 is 0.905 bits per heavy atom. The van der Waals surface area contributed by atoms with Crippen LogP contribution in [0.15, 0.2) is 84.4 Å². The SMILES string of the molecule is C=Cc1cccc(C(NC(=O)OC(C)(C)C)C(=NC2c3ccccc3-c3ccccc32)P(=O)(OC(C)C)OC(C)C)c1. The lowest BCUT2D eigenvalue weighted by atomic mass is 10.0. The number of rotatable bonds is 10. The molecule has 3 aromatic carbocycles. The van der Waals surface area contributed by atoms with Crippen LogP contribution in [0.4, 0.5) is 4.79 Å². The number of nitrogens with one attached hydrogen (secondary N) is 1. The monoisotopic (exact) mass is 588 g/mol. The van der Waals surface area contributed by atoms with Crippen molar-refractivity contribution in [1.82, 2.24) is 5.32 Å². The first-order chi connectivity index (χ1) is 19.8. The first-order valence-electron chi connectivity index (χ1n) is 14.3. The van der Waals surface area contributed by atoms with Crippen LogP contribution in [0, 0.1) is 0 Å². The summed E-state index contributed by atoms with van der Waals surface area (Å²) in [5.41, 5.74) is 4.83. The Morgan fingerprint density at radius 2 is 1.45 bits per heavy atom. The van der Waals surface area contributed by atoms with Crippen LogP contribution < -0.4 is 5.32 Å². The summed E-state index contributed by atoms with van der Waals surface area (Å²) in [6, 6.07) is 22.0. The highest BCUT2D eigenvalue weighted by atomic mass is 31.2. The minimum Gasteiger partial charge on any atom is -0.444 e. The predicted octanol–water partition coefficient (Wildman–Crippen LogP) is 9.11. The van der Waals surface area contributed by atoms with E-state index in [1.807, 2.05) is 60.7 Å². The molecule has 222 valence electrons. The largest absolute Gasteiger partial charge is 0.444 e. The number of alkyl carbamates (subject to hydrolysis) is 1. The summed E-state index contributed by atoms with van der Waals surface area (Å²) >= 11 is 0. The fourth-order valence-corrected chi connectivity index (χ4v) is 7.14. The average Bonchev–Trinajstić information content (AvgIpc) is 3.22. The molecule has 0 heterocycles. The van der Waals surface area contributed by atoms with E-state index in [2.05, 4.69) is 24.0 Å². The third-order valence-corrected chi connectivity index (χ3v) is 8.77. The van der Waals surface area contributed by atoms with Gasteiger partial charge in [0.15, 0.2) is 5.45 Å². The number of aliphatic imine (C=N–C) groups is 1. The maximum atomic E-state index is 15.0. The van der Waals surface area contributed by atoms with Crippen molar-refractivity contribution in [3.05, 3.63) is 102 Å². The molecule has 8 heteroatoms. The highest BCUT2D eigenvalue weighted by molar-refractivity contribution is 7.72. The number of nitrogens with zero attached hydrogens (tertiary/aromatic N) is 1. The van der Waals surface area contributed by atoms with Crippen LogP contribution >= 0.6 is 7.60 Å². The van der Waals surface area contributed by atoms with Gasteiger partial charge in [-0.3, -0.25) is 9.56 Å². The molecule has 1 N–H and O–H groups in total. The van der Waals surface area contributed by atoms with Gasteiger partial charge in [-0.15, -0.1) is 0 Å². The maximum Gasteiger partial charge on any atom is 0.408 e. The normalized spacial score (nSPS) is 14.5. The number of hydrogen-bond acceptors (Lipinski definition) is 6. The minimum atomic E-state index is -4.12. The van der Waals surface area contributed by atoms with Crippen molar-refractivity contribution >= 4 is 25.2 Å². The average molecular weight is 589 g/mol. The number of carbonyl (C=O) groups excluding carboxylic acids is 1. The highest BCUT2D eigenvalue weighted by Crippen LogP contribution is 2.57. The number of ether oxygens (including phenoxy) is 1. The number of hydrogen-bond donors (Lipinski definition) is 1. The lowest BCUT2D eigenvalue weighted by molar-refractivity contribution is 0.0517. The number of carbonyl (C=O) groups is 1. The summed E-state index contributed by atoms with van der Waals surface area (Å²) in [5, 5.41) is 2.96. The molecule has 0 saturated carbocycles. The Morgan fingerprint density at radius 3 is 1.95 bits per heavy atom. The minimum absolute atomic E-state index is 0.0912. The molecule has 1 atom stereocenters. The topological polar surface area (TPSA) is 86.2 Å². The van der Waals surface area contributed by atoms with Crippen molar-refractivity contribution in [3.63, 3.8) is 0 Å². The Kier molecular flexibility index (Phi) is 9.56. The van der Waals surface area contributed by atoms with Crippen molar-refractivity contribution in [2.75, 3.05) is 0 Å². The standard InChI is InChI=1S/C34H41N2O5P/c1-9-24-15-14-16-25(21-24)30(36-33(37)39-34(6,7)8)32(42(38,40-22(2)3)41-23(4)5)35-31-28-19-12-10-17-26(28)27-18-11-13-20-29(27)31/h9-23,30-31H,1H2,2-8H3,(H,36,37). The van der Waals surface area contributed by atoms with E-state index in [1.165, 1.54) is 0 Å². The summed E-state index contributed by atoms with van der Waals surface area (Å²) in [7, 11) is -4.12. The van der Waals surface area contributed by atoms with E-state index in [9.17, 15) is 9.36 Å². The van der Waals surface area contributed by atoms with Crippen LogP contribution in [-0.2, 0) is 18.3 Å². The van der Waals surface area contributed by atoms with E-state index in [4.69, 9.17) is 18.8 Å². The van der Waals surface area contributed by atoms with E-state index in [-0.39, 0.29) is 5.45 Å². The first kappa shape index (κ1) is 31.4. The summed E-state index contributed by atoms with van der Waals surface area (Å²) < 4.78 is 32.9. The van der Waals surface area contributed by atoms with Crippen LogP contribution in [0.3, 0.4) is 0 Å². The van der Waals surface area contributed by atoms with Gasteiger partial charge >= 0.3 is 13.7 Å². The van der Waals surface area contributed by atoms with E-state index in [1.54, 1.807) is 54.5 Å². The van der Waals surface area contributed by atoms with Gasteiger partial charge < -0.3 is 19.1 Å². The zero-order valence-corrected chi connectivity index (χ0v) is 26.4. The fraction of sp³-hybridized carbons (Fsp3) is 0.353. The van der Waals surface area contributed by atoms with Crippen LogP contribution in [0.5, 0.6) is 0 Å². The Balaban J connectivity index is 2.01. The summed E-state index contributed by atoms with van der Waals surface area (Å²) in [5.74, 6) is 0. The second-order valence-corrected chi connectivity index (χ2v) is 13.7. The third-order valence-electron chi connectivity index (χ3n) is 6.44.